The number of ether oxygens (including phenoxy) is 1. The van der Waals surface area contributed by atoms with Crippen LogP contribution in [0.1, 0.15) is 13.8 Å². The molecule has 0 aromatic carbocycles. The van der Waals surface area contributed by atoms with Crippen LogP contribution in [-0.2, 0) is 0 Å². The molecule has 2 heterocycles. The topological polar surface area (TPSA) is 54.6 Å². The number of aromatic nitrogens is 1. The molecule has 1 aromatic heterocycles. The first-order valence-electron chi connectivity index (χ1n) is 5.93. The van der Waals surface area contributed by atoms with Gasteiger partial charge in [-0.25, -0.2) is 0 Å². The Balaban J connectivity index is 2.14. The molecule has 0 aliphatic carbocycles. The molecule has 0 amide bonds. The second-order valence-corrected chi connectivity index (χ2v) is 5.41. The zero-order valence-corrected chi connectivity index (χ0v) is 11.5. The van der Waals surface area contributed by atoms with E-state index in [0.29, 0.717) is 5.82 Å². The normalized spacial score (nSPS) is 17.8. The number of hydrogen-bond acceptors (Lipinski definition) is 6. The van der Waals surface area contributed by atoms with E-state index in [4.69, 9.17) is 10.5 Å². The largest absolute Gasteiger partial charge is 0.484 e. The third kappa shape index (κ3) is 2.81. The molecule has 1 aliphatic rings. The average Bonchev–Trinajstić information content (AvgIpc) is 2.61. The first-order chi connectivity index (χ1) is 8.08. The number of likely N-dealkylation sites (N-methyl/N-ethyl adjacent to an activating group) is 1. The second kappa shape index (κ2) is 5.10. The lowest BCUT2D eigenvalue weighted by Gasteiger charge is -2.33. The highest BCUT2D eigenvalue weighted by molar-refractivity contribution is 7.11. The quantitative estimate of drug-likeness (QED) is 0.882. The molecule has 0 radical (unpaired) electrons. The van der Waals surface area contributed by atoms with Gasteiger partial charge >= 0.3 is 0 Å². The van der Waals surface area contributed by atoms with Crippen molar-refractivity contribution in [3.8, 4) is 5.75 Å². The molecule has 0 bridgehead atoms. The van der Waals surface area contributed by atoms with Gasteiger partial charge in [0, 0.05) is 26.2 Å². The Bertz CT molecular complexity index is 372. The average molecular weight is 256 g/mol. The molecule has 0 atom stereocenters. The zero-order valence-electron chi connectivity index (χ0n) is 10.6. The van der Waals surface area contributed by atoms with Crippen molar-refractivity contribution < 1.29 is 4.74 Å². The molecule has 0 unspecified atom stereocenters. The summed E-state index contributed by atoms with van der Waals surface area (Å²) in [6.45, 7) is 8.16. The zero-order chi connectivity index (χ0) is 12.4. The first-order valence-corrected chi connectivity index (χ1v) is 6.70. The van der Waals surface area contributed by atoms with Crippen LogP contribution in [0.2, 0.25) is 0 Å². The van der Waals surface area contributed by atoms with E-state index in [1.807, 2.05) is 13.8 Å². The van der Waals surface area contributed by atoms with E-state index in [-0.39, 0.29) is 6.10 Å². The monoisotopic (exact) mass is 256 g/mol. The van der Waals surface area contributed by atoms with Crippen molar-refractivity contribution in [1.29, 1.82) is 0 Å². The Hall–Kier alpha value is -1.01. The van der Waals surface area contributed by atoms with Crippen LogP contribution in [-0.4, -0.2) is 48.6 Å². The van der Waals surface area contributed by atoms with E-state index in [9.17, 15) is 0 Å². The lowest BCUT2D eigenvalue weighted by atomic mass is 10.3. The number of nitrogen functional groups attached to an aromatic ring is 1. The van der Waals surface area contributed by atoms with Gasteiger partial charge < -0.3 is 20.3 Å². The minimum atomic E-state index is 0.125. The maximum absolute atomic E-state index is 5.86. The number of nitrogens with two attached hydrogens (primary N) is 1. The van der Waals surface area contributed by atoms with Gasteiger partial charge in [-0.1, -0.05) is 0 Å². The van der Waals surface area contributed by atoms with Gasteiger partial charge in [-0.05, 0) is 32.4 Å². The van der Waals surface area contributed by atoms with E-state index < -0.39 is 0 Å². The van der Waals surface area contributed by atoms with Crippen molar-refractivity contribution in [2.24, 2.45) is 0 Å². The van der Waals surface area contributed by atoms with Crippen molar-refractivity contribution >= 4 is 22.4 Å². The van der Waals surface area contributed by atoms with Crippen LogP contribution >= 0.6 is 11.5 Å². The van der Waals surface area contributed by atoms with E-state index in [2.05, 4.69) is 21.2 Å². The maximum Gasteiger partial charge on any atom is 0.198 e. The van der Waals surface area contributed by atoms with Gasteiger partial charge in [0.2, 0.25) is 0 Å². The van der Waals surface area contributed by atoms with Gasteiger partial charge in [-0.2, -0.15) is 4.37 Å². The van der Waals surface area contributed by atoms with Gasteiger partial charge in [0.25, 0.3) is 0 Å². The lowest BCUT2D eigenvalue weighted by Crippen LogP contribution is -2.44. The van der Waals surface area contributed by atoms with Crippen molar-refractivity contribution in [2.75, 3.05) is 43.9 Å². The van der Waals surface area contributed by atoms with Gasteiger partial charge in [0.15, 0.2) is 16.6 Å². The fraction of sp³-hybridized carbons (Fsp3) is 0.727. The molecule has 1 fully saturated rings. The van der Waals surface area contributed by atoms with Crippen molar-refractivity contribution in [3.05, 3.63) is 0 Å². The summed E-state index contributed by atoms with van der Waals surface area (Å²) >= 11 is 1.43. The van der Waals surface area contributed by atoms with Gasteiger partial charge in [0.1, 0.15) is 0 Å². The maximum atomic E-state index is 5.86. The molecule has 96 valence electrons. The van der Waals surface area contributed by atoms with Gasteiger partial charge in [-0.3, -0.25) is 0 Å². The standard InChI is InChI=1S/C11H20N4OS/c1-8(2)16-9-10(12)13-17-11(9)15-6-4-14(3)5-7-15/h8H,4-7H2,1-3H3,(H2,12,13). The van der Waals surface area contributed by atoms with E-state index in [1.165, 1.54) is 11.5 Å². The third-order valence-electron chi connectivity index (χ3n) is 2.80. The minimum Gasteiger partial charge on any atom is -0.484 e. The molecule has 2 N–H and O–H groups in total. The fourth-order valence-corrected chi connectivity index (χ4v) is 2.64. The molecule has 5 nitrogen and oxygen atoms in total. The Labute approximate surface area is 106 Å². The van der Waals surface area contributed by atoms with Crippen LogP contribution in [0.3, 0.4) is 0 Å². The second-order valence-electron chi connectivity index (χ2n) is 4.66. The minimum absolute atomic E-state index is 0.125. The van der Waals surface area contributed by atoms with Crippen LogP contribution < -0.4 is 15.4 Å². The number of anilines is 2. The van der Waals surface area contributed by atoms with Crippen molar-refractivity contribution in [2.45, 2.75) is 20.0 Å². The molecule has 1 aliphatic heterocycles. The highest BCUT2D eigenvalue weighted by Gasteiger charge is 2.22. The third-order valence-corrected chi connectivity index (χ3v) is 3.71. The smallest absolute Gasteiger partial charge is 0.198 e. The summed E-state index contributed by atoms with van der Waals surface area (Å²) in [6.07, 6.45) is 0.125. The van der Waals surface area contributed by atoms with E-state index in [1.54, 1.807) is 0 Å². The number of piperazine rings is 1. The van der Waals surface area contributed by atoms with Crippen LogP contribution in [0.15, 0.2) is 0 Å². The summed E-state index contributed by atoms with van der Waals surface area (Å²) in [5, 5.41) is 1.07. The van der Waals surface area contributed by atoms with Crippen LogP contribution in [0.4, 0.5) is 10.8 Å². The molecule has 2 rings (SSSR count). The summed E-state index contributed by atoms with van der Waals surface area (Å²) in [5.41, 5.74) is 5.86. The molecule has 0 spiro atoms. The summed E-state index contributed by atoms with van der Waals surface area (Å²) in [7, 11) is 2.14. The first kappa shape index (κ1) is 12.4. The SMILES string of the molecule is CC(C)Oc1c(N)nsc1N1CCN(C)CC1. The van der Waals surface area contributed by atoms with E-state index in [0.717, 1.165) is 36.9 Å². The van der Waals surface area contributed by atoms with E-state index >= 15 is 0 Å². The van der Waals surface area contributed by atoms with Crippen molar-refractivity contribution in [3.63, 3.8) is 0 Å². The summed E-state index contributed by atoms with van der Waals surface area (Å²) < 4.78 is 9.97. The summed E-state index contributed by atoms with van der Waals surface area (Å²) in [6, 6.07) is 0. The number of hydrogen-bond donors (Lipinski definition) is 1. The van der Waals surface area contributed by atoms with Crippen LogP contribution in [0, 0.1) is 0 Å². The number of nitrogens with zero attached hydrogens (tertiary/aromatic N) is 3. The molecule has 17 heavy (non-hydrogen) atoms. The van der Waals surface area contributed by atoms with Crippen LogP contribution in [0.5, 0.6) is 5.75 Å². The Morgan fingerprint density at radius 2 is 1.94 bits per heavy atom. The Morgan fingerprint density at radius 1 is 1.29 bits per heavy atom. The Morgan fingerprint density at radius 3 is 2.53 bits per heavy atom. The highest BCUT2D eigenvalue weighted by atomic mass is 32.1. The van der Waals surface area contributed by atoms with Crippen molar-refractivity contribution in [1.82, 2.24) is 9.27 Å². The molecular formula is C11H20N4OS. The molecule has 1 saturated heterocycles. The molecular weight excluding hydrogens is 236 g/mol. The van der Waals surface area contributed by atoms with Gasteiger partial charge in [0.05, 0.1) is 6.10 Å². The molecule has 0 saturated carbocycles. The molecule has 6 heteroatoms. The molecule has 1 aromatic rings. The predicted octanol–water partition coefficient (Wildman–Crippen LogP) is 1.26. The van der Waals surface area contributed by atoms with Gasteiger partial charge in [-0.15, -0.1) is 0 Å². The summed E-state index contributed by atoms with van der Waals surface area (Å²) in [4.78, 5) is 4.63. The lowest BCUT2D eigenvalue weighted by molar-refractivity contribution is 0.243. The Kier molecular flexibility index (Phi) is 3.73. The fourth-order valence-electron chi connectivity index (χ4n) is 1.84. The van der Waals surface area contributed by atoms with Crippen LogP contribution in [0.25, 0.3) is 0 Å². The predicted molar refractivity (Wildman–Crippen MR) is 72.0 cm³/mol. The number of rotatable bonds is 3. The summed E-state index contributed by atoms with van der Waals surface area (Å²) in [5.74, 6) is 1.27. The highest BCUT2D eigenvalue weighted by Crippen LogP contribution is 2.39.